The van der Waals surface area contributed by atoms with E-state index in [1.165, 1.54) is 12.8 Å². The second-order valence-electron chi connectivity index (χ2n) is 5.23. The summed E-state index contributed by atoms with van der Waals surface area (Å²) in [7, 11) is 0. The summed E-state index contributed by atoms with van der Waals surface area (Å²) in [4.78, 5) is 14.4. The maximum Gasteiger partial charge on any atom is 0.254 e. The van der Waals surface area contributed by atoms with Gasteiger partial charge in [-0.25, -0.2) is 0 Å². The third-order valence-corrected chi connectivity index (χ3v) is 3.61. The smallest absolute Gasteiger partial charge is 0.254 e. The minimum atomic E-state index is 0.0406. The van der Waals surface area contributed by atoms with E-state index >= 15 is 0 Å². The predicted molar refractivity (Wildman–Crippen MR) is 74.8 cm³/mol. The van der Waals surface area contributed by atoms with Crippen LogP contribution in [0.4, 0.5) is 5.69 Å². The van der Waals surface area contributed by atoms with Crippen LogP contribution in [0.1, 0.15) is 37.0 Å². The van der Waals surface area contributed by atoms with E-state index in [2.05, 4.69) is 0 Å². The zero-order valence-electron chi connectivity index (χ0n) is 10.8. The molecular weight excluding hydrogens is 248 g/mol. The highest BCUT2D eigenvalue weighted by atomic mass is 35.5. The number of benzene rings is 1. The molecule has 0 bridgehead atoms. The standard InChI is InChI=1S/C14H19ClN2O/c1-9(2)17(8-10-3-4-10)14(18)11-5-6-13(16)12(15)7-11/h5-7,9-10H,3-4,8,16H2,1-2H3. The van der Waals surface area contributed by atoms with Crippen LogP contribution in [0.25, 0.3) is 0 Å². The van der Waals surface area contributed by atoms with Crippen molar-refractivity contribution in [3.8, 4) is 0 Å². The lowest BCUT2D eigenvalue weighted by Crippen LogP contribution is -2.38. The molecule has 3 nitrogen and oxygen atoms in total. The van der Waals surface area contributed by atoms with Crippen LogP contribution in [0.2, 0.25) is 5.02 Å². The van der Waals surface area contributed by atoms with Crippen LogP contribution in [0.3, 0.4) is 0 Å². The maximum absolute atomic E-state index is 12.4. The topological polar surface area (TPSA) is 46.3 Å². The predicted octanol–water partition coefficient (Wildman–Crippen LogP) is 3.18. The molecule has 1 saturated carbocycles. The van der Waals surface area contributed by atoms with Crippen molar-refractivity contribution in [3.05, 3.63) is 28.8 Å². The number of halogens is 1. The number of rotatable bonds is 4. The molecule has 4 heteroatoms. The third-order valence-electron chi connectivity index (χ3n) is 3.28. The second-order valence-corrected chi connectivity index (χ2v) is 5.64. The number of hydrogen-bond acceptors (Lipinski definition) is 2. The van der Waals surface area contributed by atoms with Gasteiger partial charge in [0.05, 0.1) is 10.7 Å². The van der Waals surface area contributed by atoms with E-state index in [0.717, 1.165) is 6.54 Å². The molecule has 0 aromatic heterocycles. The van der Waals surface area contributed by atoms with E-state index < -0.39 is 0 Å². The van der Waals surface area contributed by atoms with Gasteiger partial charge in [0.2, 0.25) is 0 Å². The molecule has 98 valence electrons. The van der Waals surface area contributed by atoms with E-state index in [-0.39, 0.29) is 11.9 Å². The lowest BCUT2D eigenvalue weighted by molar-refractivity contribution is 0.0696. The summed E-state index contributed by atoms with van der Waals surface area (Å²) < 4.78 is 0. The van der Waals surface area contributed by atoms with Crippen LogP contribution >= 0.6 is 11.6 Å². The number of carbonyl (C=O) groups excluding carboxylic acids is 1. The Balaban J connectivity index is 2.18. The molecule has 0 radical (unpaired) electrons. The molecule has 2 rings (SSSR count). The van der Waals surface area contributed by atoms with Gasteiger partial charge in [0, 0.05) is 18.2 Å². The van der Waals surface area contributed by atoms with Crippen molar-refractivity contribution in [2.75, 3.05) is 12.3 Å². The molecule has 0 spiro atoms. The Hall–Kier alpha value is -1.22. The summed E-state index contributed by atoms with van der Waals surface area (Å²) >= 11 is 5.96. The summed E-state index contributed by atoms with van der Waals surface area (Å²) in [5.74, 6) is 0.722. The number of amides is 1. The molecule has 0 atom stereocenters. The SMILES string of the molecule is CC(C)N(CC1CC1)C(=O)c1ccc(N)c(Cl)c1. The first-order valence-corrected chi connectivity index (χ1v) is 6.73. The van der Waals surface area contributed by atoms with E-state index in [1.54, 1.807) is 18.2 Å². The van der Waals surface area contributed by atoms with Crippen molar-refractivity contribution in [2.24, 2.45) is 5.92 Å². The largest absolute Gasteiger partial charge is 0.398 e. The van der Waals surface area contributed by atoms with Gasteiger partial charge in [0.25, 0.3) is 5.91 Å². The Labute approximate surface area is 113 Å². The van der Waals surface area contributed by atoms with Gasteiger partial charge in [-0.1, -0.05) is 11.6 Å². The molecule has 2 N–H and O–H groups in total. The molecule has 1 aliphatic carbocycles. The summed E-state index contributed by atoms with van der Waals surface area (Å²) in [6.45, 7) is 4.93. The van der Waals surface area contributed by atoms with Gasteiger partial charge >= 0.3 is 0 Å². The number of carbonyl (C=O) groups is 1. The normalized spacial score (nSPS) is 14.9. The molecule has 0 unspecified atom stereocenters. The highest BCUT2D eigenvalue weighted by Crippen LogP contribution is 2.31. The van der Waals surface area contributed by atoms with Crippen LogP contribution in [0.15, 0.2) is 18.2 Å². The number of nitrogens with two attached hydrogens (primary N) is 1. The van der Waals surface area contributed by atoms with Crippen molar-refractivity contribution in [1.82, 2.24) is 4.90 Å². The fraction of sp³-hybridized carbons (Fsp3) is 0.500. The Kier molecular flexibility index (Phi) is 3.81. The van der Waals surface area contributed by atoms with Crippen LogP contribution in [0, 0.1) is 5.92 Å². The minimum Gasteiger partial charge on any atom is -0.398 e. The number of anilines is 1. The van der Waals surface area contributed by atoms with Gasteiger partial charge < -0.3 is 10.6 Å². The molecule has 1 fully saturated rings. The van der Waals surface area contributed by atoms with Crippen LogP contribution in [0.5, 0.6) is 0 Å². The van der Waals surface area contributed by atoms with Gasteiger partial charge in [-0.15, -0.1) is 0 Å². The van der Waals surface area contributed by atoms with E-state index in [0.29, 0.717) is 22.2 Å². The van der Waals surface area contributed by atoms with Crippen LogP contribution < -0.4 is 5.73 Å². The number of nitrogen functional groups attached to an aromatic ring is 1. The van der Waals surface area contributed by atoms with Crippen molar-refractivity contribution in [1.29, 1.82) is 0 Å². The van der Waals surface area contributed by atoms with E-state index in [1.807, 2.05) is 18.7 Å². The second kappa shape index (κ2) is 5.19. The van der Waals surface area contributed by atoms with Gasteiger partial charge in [-0.2, -0.15) is 0 Å². The van der Waals surface area contributed by atoms with Crippen molar-refractivity contribution < 1.29 is 4.79 Å². The highest BCUT2D eigenvalue weighted by Gasteiger charge is 2.28. The average molecular weight is 267 g/mol. The van der Waals surface area contributed by atoms with Crippen molar-refractivity contribution in [3.63, 3.8) is 0 Å². The first-order valence-electron chi connectivity index (χ1n) is 6.35. The monoisotopic (exact) mass is 266 g/mol. The lowest BCUT2D eigenvalue weighted by atomic mass is 10.1. The molecule has 1 aromatic rings. The molecular formula is C14H19ClN2O. The van der Waals surface area contributed by atoms with Crippen LogP contribution in [-0.2, 0) is 0 Å². The summed E-state index contributed by atoms with van der Waals surface area (Å²) in [5.41, 5.74) is 6.78. The van der Waals surface area contributed by atoms with Gasteiger partial charge in [0.1, 0.15) is 0 Å². The van der Waals surface area contributed by atoms with Crippen molar-refractivity contribution in [2.45, 2.75) is 32.7 Å². The maximum atomic E-state index is 12.4. The Bertz CT molecular complexity index is 455. The molecule has 1 amide bonds. The first-order chi connectivity index (χ1) is 8.49. The molecule has 1 aliphatic rings. The lowest BCUT2D eigenvalue weighted by Gasteiger charge is -2.27. The minimum absolute atomic E-state index is 0.0406. The van der Waals surface area contributed by atoms with Gasteiger partial charge in [-0.3, -0.25) is 4.79 Å². The Morgan fingerprint density at radius 3 is 2.67 bits per heavy atom. The zero-order valence-corrected chi connectivity index (χ0v) is 11.6. The first kappa shape index (κ1) is 13.2. The third kappa shape index (κ3) is 2.96. The van der Waals surface area contributed by atoms with Crippen molar-refractivity contribution >= 4 is 23.2 Å². The van der Waals surface area contributed by atoms with Crippen LogP contribution in [-0.4, -0.2) is 23.4 Å². The fourth-order valence-corrected chi connectivity index (χ4v) is 2.11. The van der Waals surface area contributed by atoms with Gasteiger partial charge in [0.15, 0.2) is 0 Å². The molecule has 0 heterocycles. The van der Waals surface area contributed by atoms with Gasteiger partial charge in [-0.05, 0) is 50.8 Å². The fourth-order valence-electron chi connectivity index (χ4n) is 1.93. The Morgan fingerprint density at radius 2 is 2.17 bits per heavy atom. The molecule has 0 saturated heterocycles. The Morgan fingerprint density at radius 1 is 1.50 bits per heavy atom. The van der Waals surface area contributed by atoms with E-state index in [4.69, 9.17) is 17.3 Å². The van der Waals surface area contributed by atoms with E-state index in [9.17, 15) is 4.79 Å². The zero-order chi connectivity index (χ0) is 13.3. The molecule has 1 aromatic carbocycles. The number of hydrogen-bond donors (Lipinski definition) is 1. The highest BCUT2D eigenvalue weighted by molar-refractivity contribution is 6.33. The number of nitrogens with zero attached hydrogens (tertiary/aromatic N) is 1. The summed E-state index contributed by atoms with van der Waals surface area (Å²) in [6, 6.07) is 5.29. The summed E-state index contributed by atoms with van der Waals surface area (Å²) in [6.07, 6.45) is 2.47. The molecule has 18 heavy (non-hydrogen) atoms. The average Bonchev–Trinajstić information content (AvgIpc) is 3.12. The summed E-state index contributed by atoms with van der Waals surface area (Å²) in [5, 5.41) is 0.441. The quantitative estimate of drug-likeness (QED) is 0.851. The molecule has 0 aliphatic heterocycles.